The number of aromatic nitrogens is 3. The molecule has 34 heavy (non-hydrogen) atoms. The highest BCUT2D eigenvalue weighted by Crippen LogP contribution is 2.31. The molecule has 0 radical (unpaired) electrons. The molecule has 4 rings (SSSR count). The number of ether oxygens (including phenoxy) is 1. The van der Waals surface area contributed by atoms with Gasteiger partial charge in [-0.2, -0.15) is 0 Å². The number of hydrogen-bond acceptors (Lipinski definition) is 6. The number of carbonyl (C=O) groups is 1. The Morgan fingerprint density at radius 1 is 1.15 bits per heavy atom. The molecule has 8 nitrogen and oxygen atoms in total. The Labute approximate surface area is 196 Å². The lowest BCUT2D eigenvalue weighted by molar-refractivity contribution is 0.0955. The molecular formula is C25H26FN5O3. The lowest BCUT2D eigenvalue weighted by Gasteiger charge is -2.13. The van der Waals surface area contributed by atoms with Gasteiger partial charge < -0.3 is 20.5 Å². The summed E-state index contributed by atoms with van der Waals surface area (Å²) in [6.07, 6.45) is 1.68. The van der Waals surface area contributed by atoms with Crippen molar-refractivity contribution in [2.45, 2.75) is 20.8 Å². The Kier molecular flexibility index (Phi) is 6.74. The minimum Gasteiger partial charge on any atom is -0.437 e. The van der Waals surface area contributed by atoms with Crippen molar-refractivity contribution in [2.75, 3.05) is 25.0 Å². The SMILES string of the molecule is CCNC(=O)c1ccc(-c2cnc3c(NCCO)cc(Oc4cc(F)ccc4C)nn23)cc1C. The number of aliphatic hydroxyl groups excluding tert-OH is 1. The van der Waals surface area contributed by atoms with Crippen molar-refractivity contribution in [3.63, 3.8) is 0 Å². The second-order valence-electron chi connectivity index (χ2n) is 7.83. The fourth-order valence-corrected chi connectivity index (χ4v) is 3.64. The molecule has 4 aromatic rings. The minimum absolute atomic E-state index is 0.0677. The Bertz CT molecular complexity index is 1350. The predicted molar refractivity (Wildman–Crippen MR) is 128 cm³/mol. The maximum Gasteiger partial charge on any atom is 0.251 e. The molecule has 0 aliphatic heterocycles. The van der Waals surface area contributed by atoms with E-state index in [-0.39, 0.29) is 18.4 Å². The number of aliphatic hydroxyl groups is 1. The average Bonchev–Trinajstić information content (AvgIpc) is 3.24. The number of halogens is 1. The average molecular weight is 464 g/mol. The molecule has 0 aliphatic rings. The second-order valence-corrected chi connectivity index (χ2v) is 7.83. The summed E-state index contributed by atoms with van der Waals surface area (Å²) in [7, 11) is 0. The molecule has 1 amide bonds. The molecule has 0 aliphatic carbocycles. The molecule has 9 heteroatoms. The van der Waals surface area contributed by atoms with Crippen LogP contribution in [-0.2, 0) is 0 Å². The Hall–Kier alpha value is -3.98. The van der Waals surface area contributed by atoms with Crippen molar-refractivity contribution in [3.8, 4) is 22.9 Å². The van der Waals surface area contributed by atoms with E-state index in [1.807, 2.05) is 32.9 Å². The number of imidazole rings is 1. The second kappa shape index (κ2) is 9.88. The zero-order chi connectivity index (χ0) is 24.2. The Morgan fingerprint density at radius 3 is 2.71 bits per heavy atom. The number of hydrogen-bond donors (Lipinski definition) is 3. The summed E-state index contributed by atoms with van der Waals surface area (Å²) in [6, 6.07) is 11.5. The van der Waals surface area contributed by atoms with Crippen LogP contribution in [0.5, 0.6) is 11.6 Å². The smallest absolute Gasteiger partial charge is 0.251 e. The molecule has 0 spiro atoms. The van der Waals surface area contributed by atoms with Gasteiger partial charge in [0.1, 0.15) is 11.6 Å². The van der Waals surface area contributed by atoms with E-state index in [0.29, 0.717) is 41.4 Å². The number of rotatable bonds is 8. The van der Waals surface area contributed by atoms with Crippen molar-refractivity contribution in [1.29, 1.82) is 0 Å². The van der Waals surface area contributed by atoms with Crippen LogP contribution in [0.15, 0.2) is 48.7 Å². The third-order valence-corrected chi connectivity index (χ3v) is 5.34. The minimum atomic E-state index is -0.411. The van der Waals surface area contributed by atoms with Crippen LogP contribution in [0.4, 0.5) is 10.1 Å². The van der Waals surface area contributed by atoms with Gasteiger partial charge in [-0.15, -0.1) is 5.10 Å². The van der Waals surface area contributed by atoms with E-state index in [9.17, 15) is 14.3 Å². The van der Waals surface area contributed by atoms with E-state index < -0.39 is 5.82 Å². The molecule has 0 saturated carbocycles. The first kappa shape index (κ1) is 23.2. The van der Waals surface area contributed by atoms with E-state index in [2.05, 4.69) is 20.7 Å². The molecular weight excluding hydrogens is 437 g/mol. The standard InChI is InChI=1S/C25H26FN5O3/c1-4-27-25(33)19-8-6-17(11-16(19)3)21-14-29-24-20(28-9-10-32)13-23(30-31(21)24)34-22-12-18(26)7-5-15(22)2/h5-8,11-14,28,32H,4,9-10H2,1-3H3,(H,27,33). The summed E-state index contributed by atoms with van der Waals surface area (Å²) in [5, 5.41) is 19.8. The third kappa shape index (κ3) is 4.69. The third-order valence-electron chi connectivity index (χ3n) is 5.34. The van der Waals surface area contributed by atoms with Gasteiger partial charge in [0.2, 0.25) is 5.88 Å². The van der Waals surface area contributed by atoms with E-state index in [4.69, 9.17) is 4.74 Å². The van der Waals surface area contributed by atoms with Crippen molar-refractivity contribution < 1.29 is 19.0 Å². The van der Waals surface area contributed by atoms with Crippen LogP contribution in [0, 0.1) is 19.7 Å². The molecule has 2 heterocycles. The summed E-state index contributed by atoms with van der Waals surface area (Å²) in [5.41, 5.74) is 4.83. The highest BCUT2D eigenvalue weighted by atomic mass is 19.1. The summed E-state index contributed by atoms with van der Waals surface area (Å²) in [4.78, 5) is 16.8. The van der Waals surface area contributed by atoms with Crippen molar-refractivity contribution in [1.82, 2.24) is 19.9 Å². The number of nitrogens with one attached hydrogen (secondary N) is 2. The molecule has 0 fully saturated rings. The zero-order valence-corrected chi connectivity index (χ0v) is 19.2. The Morgan fingerprint density at radius 2 is 1.97 bits per heavy atom. The van der Waals surface area contributed by atoms with Gasteiger partial charge in [-0.05, 0) is 50.1 Å². The normalized spacial score (nSPS) is 11.0. The number of amides is 1. The maximum atomic E-state index is 13.8. The molecule has 0 bridgehead atoms. The van der Waals surface area contributed by atoms with E-state index in [1.54, 1.807) is 28.9 Å². The van der Waals surface area contributed by atoms with Crippen LogP contribution in [0.3, 0.4) is 0 Å². The van der Waals surface area contributed by atoms with Crippen molar-refractivity contribution in [2.24, 2.45) is 0 Å². The van der Waals surface area contributed by atoms with Crippen LogP contribution in [0.1, 0.15) is 28.4 Å². The van der Waals surface area contributed by atoms with Gasteiger partial charge in [-0.25, -0.2) is 13.9 Å². The molecule has 2 aromatic carbocycles. The molecule has 0 atom stereocenters. The largest absolute Gasteiger partial charge is 0.437 e. The van der Waals surface area contributed by atoms with Gasteiger partial charge in [-0.1, -0.05) is 12.1 Å². The van der Waals surface area contributed by atoms with Crippen LogP contribution in [0.2, 0.25) is 0 Å². The topological polar surface area (TPSA) is 101 Å². The number of benzene rings is 2. The first-order chi connectivity index (χ1) is 16.4. The van der Waals surface area contributed by atoms with Gasteiger partial charge in [0, 0.05) is 36.3 Å². The number of fused-ring (bicyclic) bond motifs is 1. The van der Waals surface area contributed by atoms with Gasteiger partial charge in [0.25, 0.3) is 5.91 Å². The van der Waals surface area contributed by atoms with E-state index >= 15 is 0 Å². The van der Waals surface area contributed by atoms with Crippen LogP contribution in [0.25, 0.3) is 16.9 Å². The summed E-state index contributed by atoms with van der Waals surface area (Å²) >= 11 is 0. The molecule has 0 unspecified atom stereocenters. The highest BCUT2D eigenvalue weighted by molar-refractivity contribution is 5.96. The summed E-state index contributed by atoms with van der Waals surface area (Å²) in [5.74, 6) is 0.0473. The fraction of sp³-hybridized carbons (Fsp3) is 0.240. The first-order valence-corrected chi connectivity index (χ1v) is 11.0. The molecule has 0 saturated heterocycles. The lowest BCUT2D eigenvalue weighted by Crippen LogP contribution is -2.23. The van der Waals surface area contributed by atoms with Crippen molar-refractivity contribution >= 4 is 17.2 Å². The Balaban J connectivity index is 1.79. The van der Waals surface area contributed by atoms with Crippen LogP contribution >= 0.6 is 0 Å². The number of carbonyl (C=O) groups excluding carboxylic acids is 1. The molecule has 176 valence electrons. The molecule has 3 N–H and O–H groups in total. The van der Waals surface area contributed by atoms with Gasteiger partial charge >= 0.3 is 0 Å². The predicted octanol–water partition coefficient (Wildman–Crippen LogP) is 4.10. The van der Waals surface area contributed by atoms with Crippen LogP contribution in [-0.4, -0.2) is 45.3 Å². The number of aryl methyl sites for hydroxylation is 2. The van der Waals surface area contributed by atoms with Gasteiger partial charge in [0.05, 0.1) is 24.2 Å². The van der Waals surface area contributed by atoms with E-state index in [1.165, 1.54) is 12.1 Å². The lowest BCUT2D eigenvalue weighted by atomic mass is 10.0. The maximum absolute atomic E-state index is 13.8. The first-order valence-electron chi connectivity index (χ1n) is 11.0. The molecule has 2 aromatic heterocycles. The fourth-order valence-electron chi connectivity index (χ4n) is 3.64. The van der Waals surface area contributed by atoms with Gasteiger partial charge in [-0.3, -0.25) is 4.79 Å². The number of nitrogens with zero attached hydrogens (tertiary/aromatic N) is 3. The zero-order valence-electron chi connectivity index (χ0n) is 19.2. The number of anilines is 1. The van der Waals surface area contributed by atoms with Crippen molar-refractivity contribution in [3.05, 3.63) is 71.2 Å². The van der Waals surface area contributed by atoms with Gasteiger partial charge in [0.15, 0.2) is 5.65 Å². The van der Waals surface area contributed by atoms with Crippen LogP contribution < -0.4 is 15.4 Å². The highest BCUT2D eigenvalue weighted by Gasteiger charge is 2.16. The quantitative estimate of drug-likeness (QED) is 0.364. The monoisotopic (exact) mass is 463 g/mol. The summed E-state index contributed by atoms with van der Waals surface area (Å²) < 4.78 is 21.3. The summed E-state index contributed by atoms with van der Waals surface area (Å²) in [6.45, 7) is 6.36. The van der Waals surface area contributed by atoms with E-state index in [0.717, 1.165) is 16.7 Å².